The lowest BCUT2D eigenvalue weighted by molar-refractivity contribution is 0.102. The lowest BCUT2D eigenvalue weighted by Gasteiger charge is -2.21. The van der Waals surface area contributed by atoms with E-state index in [0.717, 1.165) is 37.4 Å². The average molecular weight is 340 g/mol. The number of amides is 1. The zero-order valence-corrected chi connectivity index (χ0v) is 14.8. The maximum absolute atomic E-state index is 12.6. The van der Waals surface area contributed by atoms with Gasteiger partial charge >= 0.3 is 0 Å². The molecule has 2 heterocycles. The Bertz CT molecular complexity index is 723. The number of benzene rings is 1. The Kier molecular flexibility index (Phi) is 5.48. The lowest BCUT2D eigenvalue weighted by atomic mass is 10.2. The highest BCUT2D eigenvalue weighted by Gasteiger charge is 2.16. The van der Waals surface area contributed by atoms with Crippen molar-refractivity contribution in [3.05, 3.63) is 41.7 Å². The highest BCUT2D eigenvalue weighted by Crippen LogP contribution is 2.18. The Hall–Kier alpha value is -2.63. The van der Waals surface area contributed by atoms with Gasteiger partial charge in [0, 0.05) is 24.5 Å². The third kappa shape index (κ3) is 4.47. The minimum Gasteiger partial charge on any atom is -0.497 e. The molecule has 0 unspecified atom stereocenters. The largest absolute Gasteiger partial charge is 0.497 e. The third-order valence-corrected chi connectivity index (χ3v) is 4.31. The number of ether oxygens (including phenoxy) is 1. The van der Waals surface area contributed by atoms with Crippen LogP contribution in [0.5, 0.6) is 5.75 Å². The number of aromatic nitrogens is 2. The van der Waals surface area contributed by atoms with Crippen molar-refractivity contribution < 1.29 is 9.53 Å². The van der Waals surface area contributed by atoms with Crippen molar-refractivity contribution in [2.45, 2.75) is 32.6 Å². The maximum Gasteiger partial charge on any atom is 0.274 e. The van der Waals surface area contributed by atoms with Gasteiger partial charge in [-0.05, 0) is 50.1 Å². The first-order chi connectivity index (χ1) is 12.2. The second kappa shape index (κ2) is 7.96. The van der Waals surface area contributed by atoms with Crippen molar-refractivity contribution in [2.24, 2.45) is 0 Å². The van der Waals surface area contributed by atoms with Gasteiger partial charge in [-0.1, -0.05) is 12.8 Å². The van der Waals surface area contributed by atoms with Crippen molar-refractivity contribution in [2.75, 3.05) is 30.4 Å². The van der Waals surface area contributed by atoms with E-state index in [1.54, 1.807) is 25.3 Å². The Morgan fingerprint density at radius 1 is 1.08 bits per heavy atom. The quantitative estimate of drug-likeness (QED) is 0.923. The molecule has 132 valence electrons. The third-order valence-electron chi connectivity index (χ3n) is 4.31. The molecule has 25 heavy (non-hydrogen) atoms. The van der Waals surface area contributed by atoms with E-state index in [0.29, 0.717) is 17.3 Å². The zero-order chi connectivity index (χ0) is 17.6. The van der Waals surface area contributed by atoms with E-state index in [9.17, 15) is 4.79 Å². The van der Waals surface area contributed by atoms with Gasteiger partial charge in [0.25, 0.3) is 5.91 Å². The van der Waals surface area contributed by atoms with Crippen LogP contribution in [0.15, 0.2) is 30.3 Å². The van der Waals surface area contributed by atoms with Crippen LogP contribution < -0.4 is 15.0 Å². The van der Waals surface area contributed by atoms with Crippen LogP contribution in [0.1, 0.15) is 41.9 Å². The number of carbonyl (C=O) groups excluding carboxylic acids is 1. The van der Waals surface area contributed by atoms with Crippen molar-refractivity contribution in [1.29, 1.82) is 0 Å². The number of anilines is 2. The van der Waals surface area contributed by atoms with Gasteiger partial charge < -0.3 is 15.0 Å². The molecule has 1 aromatic heterocycles. The smallest absolute Gasteiger partial charge is 0.274 e. The van der Waals surface area contributed by atoms with Crippen LogP contribution in [-0.2, 0) is 0 Å². The van der Waals surface area contributed by atoms with E-state index in [4.69, 9.17) is 4.74 Å². The monoisotopic (exact) mass is 340 g/mol. The van der Waals surface area contributed by atoms with Gasteiger partial charge in [0.1, 0.15) is 11.4 Å². The van der Waals surface area contributed by atoms with Gasteiger partial charge in [0.2, 0.25) is 5.95 Å². The molecule has 0 atom stereocenters. The summed E-state index contributed by atoms with van der Waals surface area (Å²) in [5.74, 6) is 1.17. The van der Waals surface area contributed by atoms with E-state index < -0.39 is 0 Å². The number of carbonyl (C=O) groups is 1. The van der Waals surface area contributed by atoms with Crippen molar-refractivity contribution in [1.82, 2.24) is 9.97 Å². The maximum atomic E-state index is 12.6. The number of hydrogen-bond donors (Lipinski definition) is 1. The van der Waals surface area contributed by atoms with Gasteiger partial charge in [0.05, 0.1) is 7.11 Å². The lowest BCUT2D eigenvalue weighted by Crippen LogP contribution is -2.27. The van der Waals surface area contributed by atoms with Crippen molar-refractivity contribution in [3.63, 3.8) is 0 Å². The topological polar surface area (TPSA) is 67.3 Å². The molecular weight excluding hydrogens is 316 g/mol. The zero-order valence-electron chi connectivity index (χ0n) is 14.8. The molecule has 6 heteroatoms. The van der Waals surface area contributed by atoms with Gasteiger partial charge in [-0.2, -0.15) is 0 Å². The molecule has 1 aliphatic heterocycles. The molecule has 0 saturated carbocycles. The fraction of sp³-hybridized carbons (Fsp3) is 0.421. The fourth-order valence-electron chi connectivity index (χ4n) is 2.95. The molecule has 2 aromatic rings. The summed E-state index contributed by atoms with van der Waals surface area (Å²) >= 11 is 0. The normalized spacial score (nSPS) is 14.7. The van der Waals surface area contributed by atoms with E-state index in [2.05, 4.69) is 20.2 Å². The molecule has 0 aliphatic carbocycles. The van der Waals surface area contributed by atoms with Crippen LogP contribution in [0.3, 0.4) is 0 Å². The second-order valence-electron chi connectivity index (χ2n) is 6.28. The molecule has 1 aliphatic rings. The number of rotatable bonds is 4. The van der Waals surface area contributed by atoms with Crippen LogP contribution in [0.4, 0.5) is 11.6 Å². The summed E-state index contributed by atoms with van der Waals surface area (Å²) in [7, 11) is 1.61. The summed E-state index contributed by atoms with van der Waals surface area (Å²) in [4.78, 5) is 23.8. The van der Waals surface area contributed by atoms with Crippen molar-refractivity contribution in [3.8, 4) is 5.75 Å². The number of methoxy groups -OCH3 is 1. The second-order valence-corrected chi connectivity index (χ2v) is 6.28. The summed E-state index contributed by atoms with van der Waals surface area (Å²) in [6.45, 7) is 3.79. The summed E-state index contributed by atoms with van der Waals surface area (Å²) in [5, 5.41) is 2.88. The van der Waals surface area contributed by atoms with E-state index in [1.165, 1.54) is 12.8 Å². The summed E-state index contributed by atoms with van der Waals surface area (Å²) in [6, 6.07) is 8.95. The van der Waals surface area contributed by atoms with Crippen LogP contribution in [0.25, 0.3) is 0 Å². The van der Waals surface area contributed by atoms with Crippen molar-refractivity contribution >= 4 is 17.5 Å². The Morgan fingerprint density at radius 2 is 1.76 bits per heavy atom. The van der Waals surface area contributed by atoms with E-state index in [1.807, 2.05) is 19.1 Å². The number of hydrogen-bond acceptors (Lipinski definition) is 5. The molecule has 1 N–H and O–H groups in total. The van der Waals surface area contributed by atoms with E-state index in [-0.39, 0.29) is 5.91 Å². The Labute approximate surface area is 148 Å². The Morgan fingerprint density at radius 3 is 2.40 bits per heavy atom. The van der Waals surface area contributed by atoms with Gasteiger partial charge in [0.15, 0.2) is 0 Å². The first-order valence-electron chi connectivity index (χ1n) is 8.72. The number of nitrogens with one attached hydrogen (secondary N) is 1. The van der Waals surface area contributed by atoms with Gasteiger partial charge in [-0.3, -0.25) is 4.79 Å². The average Bonchev–Trinajstić information content (AvgIpc) is 2.91. The summed E-state index contributed by atoms with van der Waals surface area (Å²) < 4.78 is 5.13. The van der Waals surface area contributed by atoms with Crippen LogP contribution >= 0.6 is 0 Å². The predicted octanol–water partition coefficient (Wildman–Crippen LogP) is 3.43. The Balaban J connectivity index is 1.77. The van der Waals surface area contributed by atoms with Crippen LogP contribution in [-0.4, -0.2) is 36.1 Å². The minimum absolute atomic E-state index is 0.230. The molecule has 0 bridgehead atoms. The SMILES string of the molecule is COc1ccc(NC(=O)c2cc(C)nc(N3CCCCCC3)n2)cc1. The fourth-order valence-corrected chi connectivity index (χ4v) is 2.95. The molecule has 0 radical (unpaired) electrons. The molecule has 3 rings (SSSR count). The molecule has 1 amide bonds. The highest BCUT2D eigenvalue weighted by molar-refractivity contribution is 6.03. The summed E-state index contributed by atoms with van der Waals surface area (Å²) in [5.41, 5.74) is 1.90. The van der Waals surface area contributed by atoms with Crippen LogP contribution in [0.2, 0.25) is 0 Å². The molecule has 1 fully saturated rings. The molecular formula is C19H24N4O2. The van der Waals surface area contributed by atoms with E-state index >= 15 is 0 Å². The molecule has 6 nitrogen and oxygen atoms in total. The van der Waals surface area contributed by atoms with Gasteiger partial charge in [-0.25, -0.2) is 9.97 Å². The molecule has 1 saturated heterocycles. The number of nitrogens with zero attached hydrogens (tertiary/aromatic N) is 3. The number of aryl methyl sites for hydroxylation is 1. The standard InChI is InChI=1S/C19H24N4O2/c1-14-13-17(18(24)21-15-7-9-16(25-2)10-8-15)22-19(20-14)23-11-5-3-4-6-12-23/h7-10,13H,3-6,11-12H2,1-2H3,(H,21,24). The minimum atomic E-state index is -0.230. The predicted molar refractivity (Wildman–Crippen MR) is 98.4 cm³/mol. The summed E-state index contributed by atoms with van der Waals surface area (Å²) in [6.07, 6.45) is 4.77. The van der Waals surface area contributed by atoms with Crippen LogP contribution in [0, 0.1) is 6.92 Å². The molecule has 0 spiro atoms. The van der Waals surface area contributed by atoms with Gasteiger partial charge in [-0.15, -0.1) is 0 Å². The first kappa shape index (κ1) is 17.2. The molecule has 1 aromatic carbocycles. The first-order valence-corrected chi connectivity index (χ1v) is 8.72. The highest BCUT2D eigenvalue weighted by atomic mass is 16.5.